The molecule has 0 saturated heterocycles. The van der Waals surface area contributed by atoms with Crippen LogP contribution < -0.4 is 5.32 Å². The summed E-state index contributed by atoms with van der Waals surface area (Å²) in [6.07, 6.45) is 1.63. The lowest BCUT2D eigenvalue weighted by Crippen LogP contribution is -2.11. The van der Waals surface area contributed by atoms with Gasteiger partial charge in [-0.05, 0) is 25.1 Å². The van der Waals surface area contributed by atoms with Gasteiger partial charge in [0.1, 0.15) is 5.69 Å². The van der Waals surface area contributed by atoms with Crippen molar-refractivity contribution in [1.29, 1.82) is 0 Å². The van der Waals surface area contributed by atoms with Crippen molar-refractivity contribution in [1.82, 2.24) is 20.0 Å². The molecule has 2 heterocycles. The van der Waals surface area contributed by atoms with Crippen LogP contribution >= 0.6 is 0 Å². The summed E-state index contributed by atoms with van der Waals surface area (Å²) in [7, 11) is 1.77. The molecule has 0 unspecified atom stereocenters. The van der Waals surface area contributed by atoms with Crippen LogP contribution in [0.4, 0.5) is 6.01 Å². The van der Waals surface area contributed by atoms with Gasteiger partial charge in [-0.25, -0.2) is 0 Å². The molecular formula is C14H13N5O2. The first kappa shape index (κ1) is 13.0. The van der Waals surface area contributed by atoms with Gasteiger partial charge >= 0.3 is 6.01 Å². The Morgan fingerprint density at radius 2 is 1.95 bits per heavy atom. The Labute approximate surface area is 120 Å². The Morgan fingerprint density at radius 3 is 2.62 bits per heavy atom. The molecule has 1 aromatic carbocycles. The standard InChI is InChI=1S/C14H13N5O2/c1-9-3-5-10(6-4-9)12(20)16-14-18-17-13(21-14)11-7-8-15-19(11)2/h3-8H,1-2H3,(H,16,18,20). The predicted octanol–water partition coefficient (Wildman–Crippen LogP) is 2.03. The SMILES string of the molecule is Cc1ccc(C(=O)Nc2nnc(-c3ccnn3C)o2)cc1. The first-order chi connectivity index (χ1) is 10.1. The van der Waals surface area contributed by atoms with E-state index in [0.717, 1.165) is 5.56 Å². The van der Waals surface area contributed by atoms with Crippen LogP contribution in [-0.4, -0.2) is 25.9 Å². The number of hydrogen-bond acceptors (Lipinski definition) is 5. The molecule has 7 nitrogen and oxygen atoms in total. The van der Waals surface area contributed by atoms with E-state index < -0.39 is 0 Å². The first-order valence-corrected chi connectivity index (χ1v) is 6.33. The van der Waals surface area contributed by atoms with Crippen LogP contribution in [0.25, 0.3) is 11.6 Å². The van der Waals surface area contributed by atoms with Crippen LogP contribution in [0, 0.1) is 6.92 Å². The summed E-state index contributed by atoms with van der Waals surface area (Å²) in [5.74, 6) is 0.00409. The number of aromatic nitrogens is 4. The van der Waals surface area contributed by atoms with E-state index in [1.165, 1.54) is 0 Å². The number of hydrogen-bond donors (Lipinski definition) is 1. The maximum absolute atomic E-state index is 12.0. The summed E-state index contributed by atoms with van der Waals surface area (Å²) in [5, 5.41) is 14.3. The Kier molecular flexibility index (Phi) is 3.23. The molecule has 0 spiro atoms. The maximum atomic E-state index is 12.0. The fourth-order valence-electron chi connectivity index (χ4n) is 1.84. The second-order valence-electron chi connectivity index (χ2n) is 4.57. The molecule has 0 atom stereocenters. The van der Waals surface area contributed by atoms with Crippen molar-refractivity contribution in [3.05, 3.63) is 47.7 Å². The van der Waals surface area contributed by atoms with E-state index in [1.54, 1.807) is 36.1 Å². The van der Waals surface area contributed by atoms with E-state index in [0.29, 0.717) is 17.1 Å². The fraction of sp³-hybridized carbons (Fsp3) is 0.143. The summed E-state index contributed by atoms with van der Waals surface area (Å²) >= 11 is 0. The zero-order valence-corrected chi connectivity index (χ0v) is 11.6. The molecule has 0 radical (unpaired) electrons. The molecule has 21 heavy (non-hydrogen) atoms. The minimum Gasteiger partial charge on any atom is -0.401 e. The molecular weight excluding hydrogens is 270 g/mol. The van der Waals surface area contributed by atoms with Crippen molar-refractivity contribution in [2.24, 2.45) is 7.05 Å². The van der Waals surface area contributed by atoms with Crippen LogP contribution in [0.5, 0.6) is 0 Å². The van der Waals surface area contributed by atoms with Gasteiger partial charge in [0.05, 0.1) is 0 Å². The minimum absolute atomic E-state index is 0.0526. The molecule has 0 saturated carbocycles. The number of carbonyl (C=O) groups is 1. The van der Waals surface area contributed by atoms with E-state index >= 15 is 0 Å². The van der Waals surface area contributed by atoms with E-state index in [2.05, 4.69) is 20.6 Å². The van der Waals surface area contributed by atoms with Gasteiger partial charge in [0.2, 0.25) is 0 Å². The van der Waals surface area contributed by atoms with Crippen LogP contribution in [0.1, 0.15) is 15.9 Å². The third-order valence-corrected chi connectivity index (χ3v) is 3.00. The Hall–Kier alpha value is -2.96. The topological polar surface area (TPSA) is 85.8 Å². The van der Waals surface area contributed by atoms with Crippen molar-refractivity contribution in [3.63, 3.8) is 0 Å². The molecule has 7 heteroatoms. The number of nitrogens with zero attached hydrogens (tertiary/aromatic N) is 4. The predicted molar refractivity (Wildman–Crippen MR) is 75.6 cm³/mol. The highest BCUT2D eigenvalue weighted by atomic mass is 16.4. The molecule has 3 rings (SSSR count). The normalized spacial score (nSPS) is 10.6. The third-order valence-electron chi connectivity index (χ3n) is 3.00. The van der Waals surface area contributed by atoms with Crippen LogP contribution in [0.15, 0.2) is 40.9 Å². The van der Waals surface area contributed by atoms with Crippen molar-refractivity contribution < 1.29 is 9.21 Å². The van der Waals surface area contributed by atoms with Crippen LogP contribution in [0.2, 0.25) is 0 Å². The third kappa shape index (κ3) is 2.66. The summed E-state index contributed by atoms with van der Waals surface area (Å²) in [6, 6.07) is 9.01. The van der Waals surface area contributed by atoms with E-state index in [9.17, 15) is 4.79 Å². The molecule has 0 aliphatic rings. The summed E-state index contributed by atoms with van der Waals surface area (Å²) in [5.41, 5.74) is 2.29. The summed E-state index contributed by atoms with van der Waals surface area (Å²) < 4.78 is 7.02. The molecule has 3 aromatic rings. The second kappa shape index (κ2) is 5.20. The van der Waals surface area contributed by atoms with Gasteiger partial charge < -0.3 is 4.42 Å². The van der Waals surface area contributed by atoms with E-state index in [-0.39, 0.29) is 11.9 Å². The molecule has 2 aromatic heterocycles. The van der Waals surface area contributed by atoms with Crippen LogP contribution in [-0.2, 0) is 7.05 Å². The van der Waals surface area contributed by atoms with Crippen molar-refractivity contribution in [3.8, 4) is 11.6 Å². The molecule has 0 fully saturated rings. The number of nitrogens with one attached hydrogen (secondary N) is 1. The zero-order chi connectivity index (χ0) is 14.8. The van der Waals surface area contributed by atoms with Gasteiger partial charge in [0.15, 0.2) is 0 Å². The van der Waals surface area contributed by atoms with E-state index in [4.69, 9.17) is 4.42 Å². The smallest absolute Gasteiger partial charge is 0.322 e. The number of carbonyl (C=O) groups excluding carboxylic acids is 1. The lowest BCUT2D eigenvalue weighted by molar-refractivity contribution is 0.102. The van der Waals surface area contributed by atoms with Crippen molar-refractivity contribution in [2.45, 2.75) is 6.92 Å². The molecule has 1 amide bonds. The highest BCUT2D eigenvalue weighted by Crippen LogP contribution is 2.18. The summed E-state index contributed by atoms with van der Waals surface area (Å²) in [4.78, 5) is 12.0. The highest BCUT2D eigenvalue weighted by Gasteiger charge is 2.14. The molecule has 0 aliphatic heterocycles. The second-order valence-corrected chi connectivity index (χ2v) is 4.57. The first-order valence-electron chi connectivity index (χ1n) is 6.33. The quantitative estimate of drug-likeness (QED) is 0.794. The lowest BCUT2D eigenvalue weighted by Gasteiger charge is -2.00. The molecule has 106 valence electrons. The average molecular weight is 283 g/mol. The largest absolute Gasteiger partial charge is 0.401 e. The number of amides is 1. The van der Waals surface area contributed by atoms with Crippen molar-refractivity contribution in [2.75, 3.05) is 5.32 Å². The van der Waals surface area contributed by atoms with Gasteiger partial charge in [0, 0.05) is 18.8 Å². The molecule has 0 aliphatic carbocycles. The number of anilines is 1. The fourth-order valence-corrected chi connectivity index (χ4v) is 1.84. The summed E-state index contributed by atoms with van der Waals surface area (Å²) in [6.45, 7) is 1.96. The van der Waals surface area contributed by atoms with E-state index in [1.807, 2.05) is 19.1 Å². The van der Waals surface area contributed by atoms with Crippen molar-refractivity contribution >= 4 is 11.9 Å². The monoisotopic (exact) mass is 283 g/mol. The Morgan fingerprint density at radius 1 is 1.19 bits per heavy atom. The zero-order valence-electron chi connectivity index (χ0n) is 11.6. The number of aryl methyl sites for hydroxylation is 2. The minimum atomic E-state index is -0.296. The molecule has 0 bridgehead atoms. The van der Waals surface area contributed by atoms with Gasteiger partial charge in [-0.3, -0.25) is 14.8 Å². The van der Waals surface area contributed by atoms with Gasteiger partial charge in [-0.1, -0.05) is 22.8 Å². The van der Waals surface area contributed by atoms with Gasteiger partial charge in [0.25, 0.3) is 11.8 Å². The lowest BCUT2D eigenvalue weighted by atomic mass is 10.1. The highest BCUT2D eigenvalue weighted by molar-refractivity contribution is 6.03. The average Bonchev–Trinajstić information content (AvgIpc) is 3.08. The number of rotatable bonds is 3. The number of benzene rings is 1. The Bertz CT molecular complexity index is 773. The Balaban J connectivity index is 1.77. The van der Waals surface area contributed by atoms with Gasteiger partial charge in [-0.15, -0.1) is 5.10 Å². The van der Waals surface area contributed by atoms with Gasteiger partial charge in [-0.2, -0.15) is 5.10 Å². The molecule has 1 N–H and O–H groups in total. The maximum Gasteiger partial charge on any atom is 0.322 e. The van der Waals surface area contributed by atoms with Crippen LogP contribution in [0.3, 0.4) is 0 Å².